The summed E-state index contributed by atoms with van der Waals surface area (Å²) in [7, 11) is 0. The van der Waals surface area contributed by atoms with E-state index in [1.807, 2.05) is 12.1 Å². The molecule has 1 N–H and O–H groups in total. The molecule has 0 atom stereocenters. The normalized spacial score (nSPS) is 10.7. The van der Waals surface area contributed by atoms with Gasteiger partial charge in [-0.05, 0) is 31.2 Å². The maximum absolute atomic E-state index is 11.3. The van der Waals surface area contributed by atoms with Crippen LogP contribution in [0.2, 0.25) is 0 Å². The summed E-state index contributed by atoms with van der Waals surface area (Å²) in [4.78, 5) is 15.3. The van der Waals surface area contributed by atoms with E-state index in [1.165, 1.54) is 0 Å². The third kappa shape index (κ3) is 2.58. The fourth-order valence-corrected chi connectivity index (χ4v) is 2.20. The van der Waals surface area contributed by atoms with Gasteiger partial charge in [-0.1, -0.05) is 6.07 Å². The molecule has 0 spiro atoms. The van der Waals surface area contributed by atoms with E-state index in [0.717, 1.165) is 5.56 Å². The molecule has 21 heavy (non-hydrogen) atoms. The van der Waals surface area contributed by atoms with Crippen LogP contribution in [0.4, 0.5) is 0 Å². The maximum Gasteiger partial charge on any atom is 0.339 e. The number of pyridine rings is 1. The third-order valence-corrected chi connectivity index (χ3v) is 3.18. The lowest BCUT2D eigenvalue weighted by molar-refractivity contribution is 0.0697. The number of benzene rings is 1. The fraction of sp³-hybridized carbons (Fsp3) is 0.125. The number of carboxylic acid groups (broad SMARTS) is 1. The number of hydrogen-bond acceptors (Lipinski definition) is 4. The van der Waals surface area contributed by atoms with Crippen LogP contribution in [0.3, 0.4) is 0 Å². The molecule has 0 aliphatic carbocycles. The van der Waals surface area contributed by atoms with Crippen molar-refractivity contribution in [2.75, 3.05) is 0 Å². The number of aryl methyl sites for hydroxylation is 1. The maximum atomic E-state index is 11.3. The fourth-order valence-electron chi connectivity index (χ4n) is 2.20. The highest BCUT2D eigenvalue weighted by Gasteiger charge is 2.17. The quantitative estimate of drug-likeness (QED) is 0.794. The number of furan rings is 1. The minimum atomic E-state index is -1.00. The molecule has 0 unspecified atom stereocenters. The van der Waals surface area contributed by atoms with E-state index in [0.29, 0.717) is 29.1 Å². The lowest BCUT2D eigenvalue weighted by atomic mass is 10.1. The first-order chi connectivity index (χ1) is 10.1. The topological polar surface area (TPSA) is 72.6 Å². The highest BCUT2D eigenvalue weighted by molar-refractivity contribution is 6.03. The zero-order chi connectivity index (χ0) is 14.8. The van der Waals surface area contributed by atoms with Gasteiger partial charge in [0.25, 0.3) is 0 Å². The van der Waals surface area contributed by atoms with Gasteiger partial charge in [0.05, 0.1) is 0 Å². The first-order valence-electron chi connectivity index (χ1n) is 6.43. The predicted molar refractivity (Wildman–Crippen MR) is 76.5 cm³/mol. The zero-order valence-corrected chi connectivity index (χ0v) is 11.4. The standard InChI is InChI=1S/C16H13NO4/c1-10-15(16(18)19)13-7-12(4-5-14(13)21-10)20-9-11-3-2-6-17-8-11/h2-8H,9H2,1H3,(H,18,19). The molecule has 0 saturated carbocycles. The van der Waals surface area contributed by atoms with Gasteiger partial charge in [-0.2, -0.15) is 0 Å². The summed E-state index contributed by atoms with van der Waals surface area (Å²) < 4.78 is 11.1. The zero-order valence-electron chi connectivity index (χ0n) is 11.4. The van der Waals surface area contributed by atoms with Crippen molar-refractivity contribution in [3.8, 4) is 5.75 Å². The van der Waals surface area contributed by atoms with E-state index in [1.54, 1.807) is 37.5 Å². The van der Waals surface area contributed by atoms with Crippen LogP contribution in [0.5, 0.6) is 5.75 Å². The number of carbonyl (C=O) groups is 1. The number of aromatic nitrogens is 1. The Kier molecular flexibility index (Phi) is 3.31. The second-order valence-electron chi connectivity index (χ2n) is 4.65. The molecular formula is C16H13NO4. The SMILES string of the molecule is Cc1oc2ccc(OCc3cccnc3)cc2c1C(=O)O. The van der Waals surface area contributed by atoms with Crippen molar-refractivity contribution in [3.05, 3.63) is 59.6 Å². The van der Waals surface area contributed by atoms with Gasteiger partial charge in [-0.3, -0.25) is 4.98 Å². The number of carboxylic acids is 1. The van der Waals surface area contributed by atoms with E-state index in [4.69, 9.17) is 9.15 Å². The predicted octanol–water partition coefficient (Wildman–Crippen LogP) is 3.41. The average Bonchev–Trinajstić information content (AvgIpc) is 2.81. The Balaban J connectivity index is 1.90. The van der Waals surface area contributed by atoms with Crippen molar-refractivity contribution < 1.29 is 19.1 Å². The van der Waals surface area contributed by atoms with Gasteiger partial charge in [0.1, 0.15) is 29.3 Å². The number of rotatable bonds is 4. The van der Waals surface area contributed by atoms with Crippen molar-refractivity contribution in [2.24, 2.45) is 0 Å². The van der Waals surface area contributed by atoms with Crippen molar-refractivity contribution >= 4 is 16.9 Å². The summed E-state index contributed by atoms with van der Waals surface area (Å²) in [6.45, 7) is 2.01. The molecule has 0 fully saturated rings. The Morgan fingerprint density at radius 2 is 2.24 bits per heavy atom. The van der Waals surface area contributed by atoms with Gasteiger partial charge in [0.2, 0.25) is 0 Å². The molecule has 1 aromatic carbocycles. The van der Waals surface area contributed by atoms with Crippen molar-refractivity contribution in [1.82, 2.24) is 4.98 Å². The van der Waals surface area contributed by atoms with E-state index in [9.17, 15) is 9.90 Å². The highest BCUT2D eigenvalue weighted by Crippen LogP contribution is 2.29. The molecule has 0 aliphatic rings. The summed E-state index contributed by atoms with van der Waals surface area (Å²) in [5.41, 5.74) is 1.66. The Morgan fingerprint density at radius 1 is 1.38 bits per heavy atom. The smallest absolute Gasteiger partial charge is 0.339 e. The van der Waals surface area contributed by atoms with Gasteiger partial charge >= 0.3 is 5.97 Å². The number of nitrogens with zero attached hydrogens (tertiary/aromatic N) is 1. The molecule has 2 aromatic heterocycles. The van der Waals surface area contributed by atoms with Gasteiger partial charge in [0.15, 0.2) is 0 Å². The number of hydrogen-bond donors (Lipinski definition) is 1. The summed E-state index contributed by atoms with van der Waals surface area (Å²) in [6, 6.07) is 8.91. The van der Waals surface area contributed by atoms with Crippen LogP contribution < -0.4 is 4.74 Å². The second kappa shape index (κ2) is 5.28. The Labute approximate surface area is 120 Å². The van der Waals surface area contributed by atoms with Crippen molar-refractivity contribution in [1.29, 1.82) is 0 Å². The third-order valence-electron chi connectivity index (χ3n) is 3.18. The molecule has 2 heterocycles. The Bertz CT molecular complexity index is 793. The van der Waals surface area contributed by atoms with E-state index in [2.05, 4.69) is 4.98 Å². The largest absolute Gasteiger partial charge is 0.489 e. The van der Waals surface area contributed by atoms with Gasteiger partial charge in [-0.25, -0.2) is 4.79 Å². The van der Waals surface area contributed by atoms with Crippen LogP contribution in [-0.4, -0.2) is 16.1 Å². The summed E-state index contributed by atoms with van der Waals surface area (Å²) >= 11 is 0. The van der Waals surface area contributed by atoms with Gasteiger partial charge in [0, 0.05) is 23.3 Å². The van der Waals surface area contributed by atoms with Gasteiger partial charge < -0.3 is 14.3 Å². The van der Waals surface area contributed by atoms with Crippen molar-refractivity contribution in [2.45, 2.75) is 13.5 Å². The second-order valence-corrected chi connectivity index (χ2v) is 4.65. The number of ether oxygens (including phenoxy) is 1. The van der Waals surface area contributed by atoms with Crippen LogP contribution in [-0.2, 0) is 6.61 Å². The van der Waals surface area contributed by atoms with Crippen LogP contribution >= 0.6 is 0 Å². The van der Waals surface area contributed by atoms with E-state index < -0.39 is 5.97 Å². The molecule has 5 nitrogen and oxygen atoms in total. The van der Waals surface area contributed by atoms with Crippen LogP contribution in [0.15, 0.2) is 47.1 Å². The van der Waals surface area contributed by atoms with E-state index >= 15 is 0 Å². The van der Waals surface area contributed by atoms with E-state index in [-0.39, 0.29) is 5.56 Å². The molecule has 5 heteroatoms. The first kappa shape index (κ1) is 13.2. The van der Waals surface area contributed by atoms with Crippen LogP contribution in [0.1, 0.15) is 21.7 Å². The molecule has 3 aromatic rings. The first-order valence-corrected chi connectivity index (χ1v) is 6.43. The minimum absolute atomic E-state index is 0.178. The van der Waals surface area contributed by atoms with Crippen LogP contribution in [0.25, 0.3) is 11.0 Å². The summed E-state index contributed by atoms with van der Waals surface area (Å²) in [5, 5.41) is 9.79. The molecule has 0 amide bonds. The number of fused-ring (bicyclic) bond motifs is 1. The molecule has 106 valence electrons. The summed E-state index contributed by atoms with van der Waals surface area (Å²) in [5.74, 6) is -0.0211. The molecule has 0 saturated heterocycles. The Hall–Kier alpha value is -2.82. The minimum Gasteiger partial charge on any atom is -0.489 e. The molecular weight excluding hydrogens is 270 g/mol. The molecule has 0 bridgehead atoms. The van der Waals surface area contributed by atoms with Crippen molar-refractivity contribution in [3.63, 3.8) is 0 Å². The molecule has 3 rings (SSSR count). The average molecular weight is 283 g/mol. The monoisotopic (exact) mass is 283 g/mol. The lowest BCUT2D eigenvalue weighted by Gasteiger charge is -2.05. The lowest BCUT2D eigenvalue weighted by Crippen LogP contribution is -1.98. The molecule has 0 aliphatic heterocycles. The van der Waals surface area contributed by atoms with Gasteiger partial charge in [-0.15, -0.1) is 0 Å². The molecule has 0 radical (unpaired) electrons. The Morgan fingerprint density at radius 3 is 2.95 bits per heavy atom. The van der Waals surface area contributed by atoms with Crippen LogP contribution in [0, 0.1) is 6.92 Å². The number of aromatic carboxylic acids is 1. The summed E-state index contributed by atoms with van der Waals surface area (Å²) in [6.07, 6.45) is 3.42. The highest BCUT2D eigenvalue weighted by atomic mass is 16.5.